The van der Waals surface area contributed by atoms with Gasteiger partial charge in [0.15, 0.2) is 0 Å². The van der Waals surface area contributed by atoms with E-state index in [1.165, 1.54) is 0 Å². The Morgan fingerprint density at radius 3 is 1.97 bits per heavy atom. The molecule has 3 aromatic rings. The fraction of sp³-hybridized carbons (Fsp3) is 0.200. The van der Waals surface area contributed by atoms with E-state index in [1.54, 1.807) is 0 Å². The van der Waals surface area contributed by atoms with Crippen molar-refractivity contribution >= 4 is 19.7 Å². The highest BCUT2D eigenvalue weighted by Gasteiger charge is 2.50. The number of nitrogens with one attached hydrogen (secondary N) is 1. The standard InChI is InChI=1S/C25H22F2NO7P/c26-25(27,36(32,33)34)16-11-9-15(10-12-16)13-22(23(29)30)28-24(31)35-14-21-19-7-3-1-5-17(19)18-6-2-4-8-20(18)21/h1-12,21-22H,13-14H2,(H,28,31)(H,29,30)(H2,32,33,34)/t22-/m0/s1. The number of carbonyl (C=O) groups is 2. The molecule has 1 aliphatic rings. The van der Waals surface area contributed by atoms with Crippen LogP contribution in [-0.4, -0.2) is 39.6 Å². The minimum atomic E-state index is -5.73. The highest BCUT2D eigenvalue weighted by molar-refractivity contribution is 7.52. The molecule has 1 atom stereocenters. The quantitative estimate of drug-likeness (QED) is 0.325. The van der Waals surface area contributed by atoms with Crippen molar-refractivity contribution in [1.29, 1.82) is 0 Å². The number of rotatable bonds is 8. The predicted molar refractivity (Wildman–Crippen MR) is 126 cm³/mol. The summed E-state index contributed by atoms with van der Waals surface area (Å²) in [5.41, 5.74) is -0.960. The summed E-state index contributed by atoms with van der Waals surface area (Å²) in [4.78, 5) is 41.8. The van der Waals surface area contributed by atoms with Gasteiger partial charge in [0, 0.05) is 17.9 Å². The van der Waals surface area contributed by atoms with Crippen molar-refractivity contribution in [3.63, 3.8) is 0 Å². The van der Waals surface area contributed by atoms with Gasteiger partial charge in [-0.3, -0.25) is 4.57 Å². The summed E-state index contributed by atoms with van der Waals surface area (Å²) >= 11 is 0. The van der Waals surface area contributed by atoms with Gasteiger partial charge in [0.1, 0.15) is 12.6 Å². The number of hydrogen-bond donors (Lipinski definition) is 4. The lowest BCUT2D eigenvalue weighted by Crippen LogP contribution is -2.42. The number of amides is 1. The number of hydrogen-bond acceptors (Lipinski definition) is 4. The maximum Gasteiger partial charge on any atom is 0.407 e. The molecule has 1 amide bonds. The molecule has 4 rings (SSSR count). The fourth-order valence-corrected chi connectivity index (χ4v) is 4.71. The van der Waals surface area contributed by atoms with Crippen LogP contribution in [0.4, 0.5) is 13.6 Å². The van der Waals surface area contributed by atoms with Gasteiger partial charge in [-0.2, -0.15) is 8.78 Å². The second-order valence-electron chi connectivity index (χ2n) is 8.35. The van der Waals surface area contributed by atoms with Gasteiger partial charge in [-0.1, -0.05) is 72.8 Å². The van der Waals surface area contributed by atoms with Crippen molar-refractivity contribution < 1.29 is 42.6 Å². The van der Waals surface area contributed by atoms with E-state index in [-0.39, 0.29) is 24.5 Å². The number of carboxylic acid groups (broad SMARTS) is 1. The highest BCUT2D eigenvalue weighted by atomic mass is 31.2. The largest absolute Gasteiger partial charge is 0.480 e. The first-order valence-electron chi connectivity index (χ1n) is 10.9. The molecule has 0 saturated carbocycles. The van der Waals surface area contributed by atoms with Crippen molar-refractivity contribution in [2.75, 3.05) is 6.61 Å². The molecule has 3 aromatic carbocycles. The Kier molecular flexibility index (Phi) is 6.95. The molecule has 0 saturated heterocycles. The van der Waals surface area contributed by atoms with Gasteiger partial charge in [0.05, 0.1) is 0 Å². The van der Waals surface area contributed by atoms with Crippen LogP contribution in [-0.2, 0) is 26.2 Å². The molecule has 4 N–H and O–H groups in total. The highest BCUT2D eigenvalue weighted by Crippen LogP contribution is 2.59. The molecule has 0 aliphatic heterocycles. The molecule has 0 spiro atoms. The van der Waals surface area contributed by atoms with E-state index in [2.05, 4.69) is 5.32 Å². The Labute approximate surface area is 204 Å². The lowest BCUT2D eigenvalue weighted by molar-refractivity contribution is -0.139. The smallest absolute Gasteiger partial charge is 0.407 e. The zero-order valence-corrected chi connectivity index (χ0v) is 19.6. The number of alkyl carbamates (subject to hydrolysis) is 1. The average molecular weight is 517 g/mol. The van der Waals surface area contributed by atoms with Crippen LogP contribution in [0.5, 0.6) is 0 Å². The summed E-state index contributed by atoms with van der Waals surface area (Å²) in [6.07, 6.45) is -1.21. The van der Waals surface area contributed by atoms with E-state index in [1.807, 2.05) is 48.5 Å². The first-order chi connectivity index (χ1) is 17.0. The van der Waals surface area contributed by atoms with Crippen LogP contribution in [0.2, 0.25) is 0 Å². The molecule has 0 aromatic heterocycles. The second-order valence-corrected chi connectivity index (χ2v) is 10.00. The minimum absolute atomic E-state index is 0.0155. The predicted octanol–water partition coefficient (Wildman–Crippen LogP) is 4.45. The van der Waals surface area contributed by atoms with Crippen LogP contribution < -0.4 is 5.32 Å². The van der Waals surface area contributed by atoms with Gasteiger partial charge < -0.3 is 24.9 Å². The summed E-state index contributed by atoms with van der Waals surface area (Å²) in [6, 6.07) is 17.9. The van der Waals surface area contributed by atoms with Crippen molar-refractivity contribution in [1.82, 2.24) is 5.32 Å². The average Bonchev–Trinajstić information content (AvgIpc) is 3.15. The summed E-state index contributed by atoms with van der Waals surface area (Å²) in [5.74, 6) is -1.58. The van der Waals surface area contributed by atoms with Crippen LogP contribution in [0.15, 0.2) is 72.8 Å². The number of carboxylic acids is 1. The number of ether oxygens (including phenoxy) is 1. The number of aliphatic carboxylic acids is 1. The normalized spacial score (nSPS) is 14.0. The molecule has 11 heteroatoms. The number of alkyl halides is 2. The van der Waals surface area contributed by atoms with Crippen LogP contribution in [0.25, 0.3) is 11.1 Å². The van der Waals surface area contributed by atoms with Gasteiger partial charge in [-0.25, -0.2) is 9.59 Å². The molecule has 1 aliphatic carbocycles. The lowest BCUT2D eigenvalue weighted by atomic mass is 9.98. The Balaban J connectivity index is 1.41. The summed E-state index contributed by atoms with van der Waals surface area (Å²) in [6.45, 7) is -0.0155. The van der Waals surface area contributed by atoms with Crippen molar-refractivity contribution in [3.05, 3.63) is 95.1 Å². The first-order valence-corrected chi connectivity index (χ1v) is 12.5. The van der Waals surface area contributed by atoms with Gasteiger partial charge in [-0.05, 0) is 27.8 Å². The van der Waals surface area contributed by atoms with Crippen molar-refractivity contribution in [2.24, 2.45) is 0 Å². The third-order valence-corrected chi connectivity index (χ3v) is 7.03. The molecule has 0 fully saturated rings. The van der Waals surface area contributed by atoms with Crippen molar-refractivity contribution in [3.8, 4) is 11.1 Å². The molecular formula is C25H22F2NO7P. The van der Waals surface area contributed by atoms with E-state index in [0.29, 0.717) is 0 Å². The molecule has 8 nitrogen and oxygen atoms in total. The van der Waals surface area contributed by atoms with E-state index < -0.39 is 36.9 Å². The first kappa shape index (κ1) is 25.5. The number of carbonyl (C=O) groups excluding carboxylic acids is 1. The Morgan fingerprint density at radius 1 is 0.944 bits per heavy atom. The monoisotopic (exact) mass is 517 g/mol. The van der Waals surface area contributed by atoms with Crippen LogP contribution in [0.1, 0.15) is 28.2 Å². The van der Waals surface area contributed by atoms with Crippen LogP contribution >= 0.6 is 7.60 Å². The zero-order chi connectivity index (χ0) is 26.1. The molecule has 36 heavy (non-hydrogen) atoms. The Hall–Kier alpha value is -3.59. The third-order valence-electron chi connectivity index (χ3n) is 6.04. The van der Waals surface area contributed by atoms with Crippen molar-refractivity contribution in [2.45, 2.75) is 24.0 Å². The maximum absolute atomic E-state index is 13.8. The Bertz CT molecular complexity index is 1290. The molecular weight excluding hydrogens is 495 g/mol. The summed E-state index contributed by atoms with van der Waals surface area (Å²) in [7, 11) is -5.73. The second kappa shape index (κ2) is 9.81. The molecule has 0 radical (unpaired) electrons. The van der Waals surface area contributed by atoms with E-state index in [4.69, 9.17) is 14.5 Å². The molecule has 0 bridgehead atoms. The summed E-state index contributed by atoms with van der Waals surface area (Å²) < 4.78 is 44.0. The molecule has 0 unspecified atom stereocenters. The number of fused-ring (bicyclic) bond motifs is 3. The zero-order valence-electron chi connectivity index (χ0n) is 18.7. The van der Waals surface area contributed by atoms with Gasteiger partial charge >= 0.3 is 25.3 Å². The van der Waals surface area contributed by atoms with Crippen LogP contribution in [0, 0.1) is 0 Å². The lowest BCUT2D eigenvalue weighted by Gasteiger charge is -2.19. The Morgan fingerprint density at radius 2 is 1.47 bits per heavy atom. The topological polar surface area (TPSA) is 133 Å². The van der Waals surface area contributed by atoms with Gasteiger partial charge in [-0.15, -0.1) is 0 Å². The molecule has 188 valence electrons. The number of halogens is 2. The number of benzene rings is 3. The third kappa shape index (κ3) is 5.02. The molecule has 0 heterocycles. The van der Waals surface area contributed by atoms with E-state index in [0.717, 1.165) is 46.5 Å². The van der Waals surface area contributed by atoms with E-state index >= 15 is 0 Å². The SMILES string of the molecule is O=C(N[C@@H](Cc1ccc(C(F)(F)P(=O)(O)O)cc1)C(=O)O)OCC1c2ccccc2-c2ccccc21. The fourth-order valence-electron chi connectivity index (χ4n) is 4.23. The maximum atomic E-state index is 13.8. The van der Waals surface area contributed by atoms with Gasteiger partial charge in [0.25, 0.3) is 0 Å². The van der Waals surface area contributed by atoms with E-state index in [9.17, 15) is 28.0 Å². The van der Waals surface area contributed by atoms with Gasteiger partial charge in [0.2, 0.25) is 0 Å². The minimum Gasteiger partial charge on any atom is -0.480 e. The summed E-state index contributed by atoms with van der Waals surface area (Å²) in [5, 5.41) is 11.8. The van der Waals surface area contributed by atoms with Crippen LogP contribution in [0.3, 0.4) is 0 Å².